The molecule has 1 aliphatic rings. The van der Waals surface area contributed by atoms with Gasteiger partial charge in [0.05, 0.1) is 10.2 Å². The molecule has 8 heteroatoms. The van der Waals surface area contributed by atoms with Crippen LogP contribution in [0.3, 0.4) is 0 Å². The monoisotopic (exact) mass is 317 g/mol. The summed E-state index contributed by atoms with van der Waals surface area (Å²) < 4.78 is 64.9. The molecule has 94 valence electrons. The summed E-state index contributed by atoms with van der Waals surface area (Å²) in [4.78, 5) is 11.3. The van der Waals surface area contributed by atoms with E-state index in [-0.39, 0.29) is 11.1 Å². The molecule has 0 saturated heterocycles. The van der Waals surface area contributed by atoms with Crippen LogP contribution in [0.25, 0.3) is 0 Å². The van der Waals surface area contributed by atoms with E-state index in [1.54, 1.807) is 0 Å². The smallest absolute Gasteiger partial charge is 0.332 e. The Balaban J connectivity index is 2.66. The minimum atomic E-state index is -4.83. The van der Waals surface area contributed by atoms with Gasteiger partial charge in [-0.3, -0.25) is 4.79 Å². The molecule has 0 atom stereocenters. The Labute approximate surface area is 101 Å². The lowest BCUT2D eigenvalue weighted by Gasteiger charge is -2.24. The number of ketones is 1. The van der Waals surface area contributed by atoms with Gasteiger partial charge in [-0.2, -0.15) is 22.0 Å². The number of hydrogen-bond donors (Lipinski definition) is 0. The van der Waals surface area contributed by atoms with Crippen molar-refractivity contribution in [3.8, 4) is 0 Å². The summed E-state index contributed by atoms with van der Waals surface area (Å²) in [5.41, 5.74) is -2.30. The van der Waals surface area contributed by atoms with Crippen LogP contribution in [0, 0.1) is 0 Å². The Morgan fingerprint density at radius 1 is 1.35 bits per heavy atom. The van der Waals surface area contributed by atoms with Crippen LogP contribution in [-0.4, -0.2) is 16.3 Å². The number of carbonyl (C=O) groups is 1. The van der Waals surface area contributed by atoms with Gasteiger partial charge in [-0.15, -0.1) is 0 Å². The summed E-state index contributed by atoms with van der Waals surface area (Å²) in [7, 11) is 0. The summed E-state index contributed by atoms with van der Waals surface area (Å²) in [6.07, 6.45) is -5.62. The maximum atomic E-state index is 13.1. The largest absolute Gasteiger partial charge is 0.418 e. The maximum absolute atomic E-state index is 13.1. The molecule has 0 aromatic carbocycles. The predicted molar refractivity (Wildman–Crippen MR) is 51.0 cm³/mol. The van der Waals surface area contributed by atoms with Crippen molar-refractivity contribution in [2.24, 2.45) is 0 Å². The fourth-order valence-electron chi connectivity index (χ4n) is 1.74. The number of halogens is 6. The molecule has 1 aromatic rings. The van der Waals surface area contributed by atoms with Gasteiger partial charge in [0.15, 0.2) is 0 Å². The zero-order valence-electron chi connectivity index (χ0n) is 8.11. The molecule has 1 aliphatic heterocycles. The highest BCUT2D eigenvalue weighted by Crippen LogP contribution is 2.41. The van der Waals surface area contributed by atoms with E-state index in [9.17, 15) is 26.7 Å². The van der Waals surface area contributed by atoms with E-state index in [1.807, 2.05) is 0 Å². The molecule has 0 bridgehead atoms. The Hall–Kier alpha value is -0.920. The van der Waals surface area contributed by atoms with Crippen LogP contribution in [0.1, 0.15) is 22.5 Å². The van der Waals surface area contributed by atoms with Crippen LogP contribution in [0.2, 0.25) is 0 Å². The zero-order valence-corrected chi connectivity index (χ0v) is 9.70. The lowest BCUT2D eigenvalue weighted by Crippen LogP contribution is -2.38. The molecule has 0 aliphatic carbocycles. The third-order valence-electron chi connectivity index (χ3n) is 2.55. The highest BCUT2D eigenvalue weighted by atomic mass is 79.9. The summed E-state index contributed by atoms with van der Waals surface area (Å²) in [5, 5.41) is 0. The highest BCUT2D eigenvalue weighted by molar-refractivity contribution is 9.10. The van der Waals surface area contributed by atoms with Crippen molar-refractivity contribution in [3.05, 3.63) is 21.9 Å². The first-order valence-electron chi connectivity index (χ1n) is 4.53. The van der Waals surface area contributed by atoms with Crippen LogP contribution >= 0.6 is 15.9 Å². The van der Waals surface area contributed by atoms with E-state index in [1.165, 1.54) is 0 Å². The van der Waals surface area contributed by atoms with Crippen LogP contribution in [0.15, 0.2) is 10.7 Å². The lowest BCUT2D eigenvalue weighted by atomic mass is 10.0. The Bertz CT molecular complexity index is 490. The van der Waals surface area contributed by atoms with Gasteiger partial charge >= 0.3 is 12.1 Å². The summed E-state index contributed by atoms with van der Waals surface area (Å²) in [6.45, 7) is -0.329. The van der Waals surface area contributed by atoms with Crippen molar-refractivity contribution in [1.82, 2.24) is 4.57 Å². The molecular weight excluding hydrogens is 313 g/mol. The third-order valence-corrected chi connectivity index (χ3v) is 3.21. The fraction of sp³-hybridized carbons (Fsp3) is 0.444. The minimum Gasteiger partial charge on any atom is -0.332 e. The van der Waals surface area contributed by atoms with E-state index in [4.69, 9.17) is 0 Å². The minimum absolute atomic E-state index is 0.0244. The van der Waals surface area contributed by atoms with E-state index < -0.39 is 35.6 Å². The summed E-state index contributed by atoms with van der Waals surface area (Å²) in [5.74, 6) is -5.50. The highest BCUT2D eigenvalue weighted by Gasteiger charge is 2.49. The first-order chi connectivity index (χ1) is 7.64. The van der Waals surface area contributed by atoms with E-state index >= 15 is 0 Å². The van der Waals surface area contributed by atoms with Gasteiger partial charge in [0.2, 0.25) is 5.78 Å². The van der Waals surface area contributed by atoms with Crippen molar-refractivity contribution < 1.29 is 26.7 Å². The molecule has 0 unspecified atom stereocenters. The van der Waals surface area contributed by atoms with Crippen molar-refractivity contribution in [3.63, 3.8) is 0 Å². The van der Waals surface area contributed by atoms with Gasteiger partial charge in [0.1, 0.15) is 5.69 Å². The predicted octanol–water partition coefficient (Wildman–Crippen LogP) is 3.49. The van der Waals surface area contributed by atoms with Crippen molar-refractivity contribution in [2.45, 2.75) is 25.1 Å². The quantitative estimate of drug-likeness (QED) is 0.671. The van der Waals surface area contributed by atoms with E-state index in [0.717, 1.165) is 4.57 Å². The molecule has 1 aromatic heterocycles. The molecule has 0 N–H and O–H groups in total. The maximum Gasteiger partial charge on any atom is 0.418 e. The number of fused-ring (bicyclic) bond motifs is 1. The SMILES string of the molecule is O=C1c2c(C(F)(F)F)cc(Br)n2CCC1(F)F. The van der Waals surface area contributed by atoms with Gasteiger partial charge in [0.25, 0.3) is 0 Å². The number of aromatic nitrogens is 1. The molecule has 0 radical (unpaired) electrons. The number of Topliss-reactive ketones (excluding diaryl/α,β-unsaturated/α-hetero) is 1. The number of alkyl halides is 5. The van der Waals surface area contributed by atoms with Gasteiger partial charge in [0, 0.05) is 13.0 Å². The second-order valence-corrected chi connectivity index (χ2v) is 4.47. The zero-order chi connectivity index (χ0) is 13.0. The molecule has 0 spiro atoms. The van der Waals surface area contributed by atoms with Crippen LogP contribution in [-0.2, 0) is 12.7 Å². The van der Waals surface area contributed by atoms with Crippen molar-refractivity contribution >= 4 is 21.7 Å². The first-order valence-corrected chi connectivity index (χ1v) is 5.33. The van der Waals surface area contributed by atoms with Gasteiger partial charge < -0.3 is 4.57 Å². The first kappa shape index (κ1) is 12.5. The van der Waals surface area contributed by atoms with Crippen molar-refractivity contribution in [2.75, 3.05) is 0 Å². The Kier molecular flexibility index (Phi) is 2.61. The normalized spacial score (nSPS) is 19.3. The molecule has 17 heavy (non-hydrogen) atoms. The fourth-order valence-corrected chi connectivity index (χ4v) is 2.32. The summed E-state index contributed by atoms with van der Waals surface area (Å²) >= 11 is 2.83. The summed E-state index contributed by atoms with van der Waals surface area (Å²) in [6, 6.07) is 0.647. The van der Waals surface area contributed by atoms with Gasteiger partial charge in [-0.25, -0.2) is 0 Å². The lowest BCUT2D eigenvalue weighted by molar-refractivity contribution is -0.138. The third kappa shape index (κ3) is 1.88. The van der Waals surface area contributed by atoms with Gasteiger partial charge in [-0.1, -0.05) is 0 Å². The second-order valence-electron chi connectivity index (χ2n) is 3.66. The van der Waals surface area contributed by atoms with E-state index in [0.29, 0.717) is 6.07 Å². The average Bonchev–Trinajstić information content (AvgIpc) is 2.50. The molecule has 0 fully saturated rings. The average molecular weight is 318 g/mol. The Morgan fingerprint density at radius 3 is 2.47 bits per heavy atom. The molecule has 2 heterocycles. The number of carbonyl (C=O) groups excluding carboxylic acids is 1. The molecule has 2 nitrogen and oxygen atoms in total. The van der Waals surface area contributed by atoms with E-state index in [2.05, 4.69) is 15.9 Å². The topological polar surface area (TPSA) is 22.0 Å². The van der Waals surface area contributed by atoms with Gasteiger partial charge in [-0.05, 0) is 22.0 Å². The van der Waals surface area contributed by atoms with Crippen molar-refractivity contribution in [1.29, 1.82) is 0 Å². The molecular formula is C9H5BrF5NO. The Morgan fingerprint density at radius 2 is 1.94 bits per heavy atom. The van der Waals surface area contributed by atoms with Crippen LogP contribution in [0.4, 0.5) is 22.0 Å². The van der Waals surface area contributed by atoms with Crippen LogP contribution in [0.5, 0.6) is 0 Å². The standard InChI is InChI=1S/C9H5BrF5NO/c10-5-3-4(9(13,14)15)6-7(17)8(11,12)1-2-16(5)6/h3H,1-2H2. The molecule has 2 rings (SSSR count). The van der Waals surface area contributed by atoms with Crippen LogP contribution < -0.4 is 0 Å². The number of hydrogen-bond acceptors (Lipinski definition) is 1. The number of nitrogens with zero attached hydrogens (tertiary/aromatic N) is 1. The second kappa shape index (κ2) is 3.54. The molecule has 0 saturated carbocycles. The number of rotatable bonds is 0. The molecule has 0 amide bonds.